The molecule has 0 atom stereocenters. The van der Waals surface area contributed by atoms with Crippen molar-refractivity contribution in [2.75, 3.05) is 13.1 Å². The number of aromatic nitrogens is 3. The molecule has 1 aromatic carbocycles. The zero-order chi connectivity index (χ0) is 22.8. The monoisotopic (exact) mass is 472 g/mol. The van der Waals surface area contributed by atoms with Crippen LogP contribution in [-0.4, -0.2) is 28.0 Å². The lowest BCUT2D eigenvalue weighted by molar-refractivity contribution is -0.137. The zero-order valence-electron chi connectivity index (χ0n) is 18.4. The summed E-state index contributed by atoms with van der Waals surface area (Å²) < 4.78 is 40.4. The molecule has 1 aliphatic carbocycles. The molecule has 8 heteroatoms. The minimum absolute atomic E-state index is 0.314. The lowest BCUT2D eigenvalue weighted by Gasteiger charge is -2.23. The van der Waals surface area contributed by atoms with Gasteiger partial charge in [-0.05, 0) is 56.8 Å². The van der Waals surface area contributed by atoms with Crippen LogP contribution in [0.15, 0.2) is 36.8 Å². The average molecular weight is 473 g/mol. The van der Waals surface area contributed by atoms with E-state index < -0.39 is 11.7 Å². The summed E-state index contributed by atoms with van der Waals surface area (Å²) in [5, 5.41) is 4.37. The highest BCUT2D eigenvalue weighted by Gasteiger charge is 2.32. The van der Waals surface area contributed by atoms with Crippen molar-refractivity contribution < 1.29 is 13.2 Å². The molecule has 0 unspecified atom stereocenters. The van der Waals surface area contributed by atoms with E-state index in [2.05, 4.69) is 15.3 Å². The third-order valence-electron chi connectivity index (χ3n) is 6.80. The van der Waals surface area contributed by atoms with E-state index in [1.807, 2.05) is 6.20 Å². The molecule has 5 rings (SSSR count). The van der Waals surface area contributed by atoms with Gasteiger partial charge in [0.1, 0.15) is 6.33 Å². The van der Waals surface area contributed by atoms with E-state index in [1.165, 1.54) is 31.4 Å². The first-order valence-corrected chi connectivity index (χ1v) is 12.5. The quantitative estimate of drug-likeness (QED) is 0.454. The van der Waals surface area contributed by atoms with Crippen LogP contribution in [0.25, 0.3) is 21.8 Å². The molecule has 0 bridgehead atoms. The fourth-order valence-corrected chi connectivity index (χ4v) is 6.30. The van der Waals surface area contributed by atoms with Crippen molar-refractivity contribution in [1.29, 1.82) is 0 Å². The van der Waals surface area contributed by atoms with Gasteiger partial charge in [-0.25, -0.2) is 15.0 Å². The van der Waals surface area contributed by atoms with Gasteiger partial charge in [0.05, 0.1) is 26.8 Å². The van der Waals surface area contributed by atoms with Gasteiger partial charge in [-0.15, -0.1) is 11.3 Å². The molecular formula is C25H27F3N4S. The lowest BCUT2D eigenvalue weighted by atomic mass is 9.83. The number of rotatable bonds is 4. The van der Waals surface area contributed by atoms with Crippen LogP contribution in [0.5, 0.6) is 0 Å². The number of nitrogens with zero attached hydrogens (tertiary/aromatic N) is 3. The van der Waals surface area contributed by atoms with Crippen molar-refractivity contribution in [3.8, 4) is 21.8 Å². The Morgan fingerprint density at radius 3 is 2.48 bits per heavy atom. The van der Waals surface area contributed by atoms with E-state index in [1.54, 1.807) is 23.7 Å². The van der Waals surface area contributed by atoms with Gasteiger partial charge in [0.15, 0.2) is 0 Å². The molecular weight excluding hydrogens is 445 g/mol. The first kappa shape index (κ1) is 22.5. The lowest BCUT2D eigenvalue weighted by Crippen LogP contribution is -2.26. The van der Waals surface area contributed by atoms with Gasteiger partial charge in [-0.2, -0.15) is 13.2 Å². The van der Waals surface area contributed by atoms with Crippen LogP contribution >= 0.6 is 11.3 Å². The minimum Gasteiger partial charge on any atom is -0.317 e. The predicted octanol–water partition coefficient (Wildman–Crippen LogP) is 6.80. The van der Waals surface area contributed by atoms with E-state index in [9.17, 15) is 13.2 Å². The summed E-state index contributed by atoms with van der Waals surface area (Å²) in [7, 11) is 0. The first-order chi connectivity index (χ1) is 16.0. The summed E-state index contributed by atoms with van der Waals surface area (Å²) >= 11 is 1.60. The normalized spacial score (nSPS) is 18.5. The Kier molecular flexibility index (Phi) is 6.47. The Balaban J connectivity index is 1.64. The van der Waals surface area contributed by atoms with Gasteiger partial charge in [-0.1, -0.05) is 31.4 Å². The predicted molar refractivity (Wildman–Crippen MR) is 124 cm³/mol. The highest BCUT2D eigenvalue weighted by atomic mass is 32.1. The highest BCUT2D eigenvalue weighted by Crippen LogP contribution is 2.45. The molecule has 0 spiro atoms. The van der Waals surface area contributed by atoms with Crippen molar-refractivity contribution in [3.05, 3.63) is 52.9 Å². The summed E-state index contributed by atoms with van der Waals surface area (Å²) in [4.78, 5) is 14.8. The van der Waals surface area contributed by atoms with Gasteiger partial charge < -0.3 is 5.32 Å². The average Bonchev–Trinajstić information content (AvgIpc) is 3.30. The van der Waals surface area contributed by atoms with Gasteiger partial charge in [-0.3, -0.25) is 0 Å². The van der Waals surface area contributed by atoms with Crippen LogP contribution in [0.4, 0.5) is 13.2 Å². The fraction of sp³-hybridized carbons (Fsp3) is 0.480. The maximum atomic E-state index is 13.5. The Morgan fingerprint density at radius 1 is 0.939 bits per heavy atom. The maximum absolute atomic E-state index is 13.5. The number of nitrogens with one attached hydrogen (secondary N) is 1. The van der Waals surface area contributed by atoms with E-state index in [0.29, 0.717) is 23.1 Å². The Labute approximate surface area is 195 Å². The number of piperidine rings is 1. The molecule has 33 heavy (non-hydrogen) atoms. The van der Waals surface area contributed by atoms with Gasteiger partial charge in [0.25, 0.3) is 0 Å². The van der Waals surface area contributed by atoms with Crippen LogP contribution < -0.4 is 5.32 Å². The van der Waals surface area contributed by atoms with E-state index in [0.717, 1.165) is 66.0 Å². The molecule has 3 aromatic rings. The topological polar surface area (TPSA) is 50.7 Å². The summed E-state index contributed by atoms with van der Waals surface area (Å²) in [6, 6.07) is 5.52. The highest BCUT2D eigenvalue weighted by molar-refractivity contribution is 7.15. The number of hydrogen-bond donors (Lipinski definition) is 1. The third kappa shape index (κ3) is 4.82. The van der Waals surface area contributed by atoms with Crippen molar-refractivity contribution in [3.63, 3.8) is 0 Å². The molecule has 1 aliphatic heterocycles. The van der Waals surface area contributed by atoms with Crippen molar-refractivity contribution in [1.82, 2.24) is 20.3 Å². The number of alkyl halides is 3. The van der Waals surface area contributed by atoms with Crippen LogP contribution in [0.2, 0.25) is 0 Å². The molecule has 2 aromatic heterocycles. The first-order valence-electron chi connectivity index (χ1n) is 11.7. The number of hydrogen-bond acceptors (Lipinski definition) is 5. The van der Waals surface area contributed by atoms with Crippen LogP contribution in [0.1, 0.15) is 72.9 Å². The van der Waals surface area contributed by atoms with E-state index >= 15 is 0 Å². The van der Waals surface area contributed by atoms with Gasteiger partial charge in [0, 0.05) is 23.2 Å². The van der Waals surface area contributed by atoms with Crippen LogP contribution in [-0.2, 0) is 6.18 Å². The molecule has 0 radical (unpaired) electrons. The molecule has 0 amide bonds. The standard InChI is InChI=1S/C25H27F3N4S/c26-25(27,28)19-8-4-7-18(13-19)21-23(33-24(32-21)17-9-11-29-12-10-17)22-20(14-30-15-31-22)16-5-2-1-3-6-16/h4,7-8,13-17,29H,1-3,5-6,9-12H2. The second-order valence-corrected chi connectivity index (χ2v) is 10.0. The Hall–Kier alpha value is -2.32. The molecule has 4 nitrogen and oxygen atoms in total. The second kappa shape index (κ2) is 9.50. The fourth-order valence-electron chi connectivity index (χ4n) is 5.02. The number of benzene rings is 1. The van der Waals surface area contributed by atoms with Gasteiger partial charge >= 0.3 is 6.18 Å². The van der Waals surface area contributed by atoms with Gasteiger partial charge in [0.2, 0.25) is 0 Å². The largest absolute Gasteiger partial charge is 0.416 e. The number of halogens is 3. The van der Waals surface area contributed by atoms with Crippen molar-refractivity contribution in [2.45, 2.75) is 63.0 Å². The molecule has 1 N–H and O–H groups in total. The van der Waals surface area contributed by atoms with E-state index in [-0.39, 0.29) is 0 Å². The maximum Gasteiger partial charge on any atom is 0.416 e. The van der Waals surface area contributed by atoms with E-state index in [4.69, 9.17) is 4.98 Å². The minimum atomic E-state index is -4.40. The zero-order valence-corrected chi connectivity index (χ0v) is 19.2. The summed E-state index contributed by atoms with van der Waals surface area (Å²) in [6.07, 6.45) is 6.81. The molecule has 3 heterocycles. The number of thiazole rings is 1. The summed E-state index contributed by atoms with van der Waals surface area (Å²) in [5.74, 6) is 0.697. The second-order valence-electron chi connectivity index (χ2n) is 8.99. The van der Waals surface area contributed by atoms with Crippen LogP contribution in [0.3, 0.4) is 0 Å². The Bertz CT molecular complexity index is 1100. The van der Waals surface area contributed by atoms with Crippen molar-refractivity contribution >= 4 is 11.3 Å². The summed E-state index contributed by atoms with van der Waals surface area (Å²) in [6.45, 7) is 1.86. The Morgan fingerprint density at radius 2 is 1.73 bits per heavy atom. The summed E-state index contributed by atoms with van der Waals surface area (Å²) in [5.41, 5.74) is 2.38. The molecule has 174 valence electrons. The molecule has 1 saturated heterocycles. The molecule has 2 aliphatic rings. The van der Waals surface area contributed by atoms with Crippen LogP contribution in [0, 0.1) is 0 Å². The molecule has 1 saturated carbocycles. The van der Waals surface area contributed by atoms with Crippen molar-refractivity contribution in [2.24, 2.45) is 0 Å². The third-order valence-corrected chi connectivity index (χ3v) is 8.02. The molecule has 2 fully saturated rings. The SMILES string of the molecule is FC(F)(F)c1cccc(-c2nc(C3CCNCC3)sc2-c2ncncc2C2CCCCC2)c1. The smallest absolute Gasteiger partial charge is 0.317 e.